The first-order valence-corrected chi connectivity index (χ1v) is 10.2. The second-order valence-electron chi connectivity index (χ2n) is 8.33. The number of alkyl halides is 2. The van der Waals surface area contributed by atoms with Crippen molar-refractivity contribution >= 4 is 0 Å². The molecule has 0 radical (unpaired) electrons. The Kier molecular flexibility index (Phi) is 8.33. The van der Waals surface area contributed by atoms with Gasteiger partial charge in [0.15, 0.2) is 11.6 Å². The molecule has 2 fully saturated rings. The van der Waals surface area contributed by atoms with Crippen molar-refractivity contribution in [2.24, 2.45) is 17.8 Å². The van der Waals surface area contributed by atoms with Gasteiger partial charge in [0.25, 0.3) is 6.43 Å². The van der Waals surface area contributed by atoms with Crippen LogP contribution in [-0.2, 0) is 6.42 Å². The Hall–Kier alpha value is 0.615. The molecule has 1 nitrogen and oxygen atoms in total. The van der Waals surface area contributed by atoms with E-state index in [-0.39, 0.29) is 70.0 Å². The van der Waals surface area contributed by atoms with Gasteiger partial charge in [0, 0.05) is 0 Å². The van der Waals surface area contributed by atoms with E-state index in [2.05, 4.69) is 6.42 Å². The molecule has 0 spiro atoms. The van der Waals surface area contributed by atoms with Crippen molar-refractivity contribution in [3.8, 4) is 5.75 Å². The number of benzene rings is 1. The summed E-state index contributed by atoms with van der Waals surface area (Å²) in [6.45, 7) is 0. The van der Waals surface area contributed by atoms with E-state index >= 15 is 0 Å². The van der Waals surface area contributed by atoms with Crippen LogP contribution in [0.3, 0.4) is 0 Å². The van der Waals surface area contributed by atoms with Gasteiger partial charge in [-0.15, -0.1) is 0 Å². The minimum Gasteiger partial charge on any atom is -0.487 e. The van der Waals surface area contributed by atoms with Crippen LogP contribution in [0.5, 0.6) is 5.75 Å². The summed E-state index contributed by atoms with van der Waals surface area (Å²) < 4.78 is 46.3. The predicted molar refractivity (Wildman–Crippen MR) is 95.8 cm³/mol. The largest absolute Gasteiger partial charge is 1.00 e. The van der Waals surface area contributed by atoms with E-state index in [1.165, 1.54) is 44.6 Å². The van der Waals surface area contributed by atoms with Gasteiger partial charge < -0.3 is 11.2 Å². The fourth-order valence-electron chi connectivity index (χ4n) is 5.36. The summed E-state index contributed by atoms with van der Waals surface area (Å²) in [6.07, 6.45) is 11.1. The van der Waals surface area contributed by atoms with E-state index in [1.807, 2.05) is 0 Å². The van der Waals surface area contributed by atoms with Crippen LogP contribution in [0.4, 0.5) is 13.2 Å². The quantitative estimate of drug-likeness (QED) is 0.639. The van der Waals surface area contributed by atoms with Gasteiger partial charge in [-0.05, 0) is 67.9 Å². The second-order valence-corrected chi connectivity index (χ2v) is 8.33. The Morgan fingerprint density at radius 2 is 1.52 bits per heavy atom. The fraction of sp³-hybridized carbons (Fsp3) is 0.682. The molecule has 1 heterocycles. The average Bonchev–Trinajstić information content (AvgIpc) is 2.69. The maximum Gasteiger partial charge on any atom is 1.00 e. The summed E-state index contributed by atoms with van der Waals surface area (Å²) in [4.78, 5) is 0. The third-order valence-corrected chi connectivity index (χ3v) is 6.90. The van der Waals surface area contributed by atoms with E-state index in [0.29, 0.717) is 5.92 Å². The second kappa shape index (κ2) is 10.1. The van der Waals surface area contributed by atoms with Crippen LogP contribution in [0.15, 0.2) is 12.1 Å². The molecule has 2 saturated carbocycles. The van der Waals surface area contributed by atoms with Crippen molar-refractivity contribution in [3.05, 3.63) is 35.5 Å². The molecule has 2 aliphatic carbocycles. The van der Waals surface area contributed by atoms with Crippen LogP contribution in [-0.4, -0.2) is 6.10 Å². The number of aryl methyl sites for hydroxylation is 1. The maximum atomic E-state index is 14.4. The molecule has 1 aromatic carbocycles. The minimum absolute atomic E-state index is 0. The molecule has 4 rings (SSSR count). The minimum atomic E-state index is -2.80. The molecular formula is C22H28F3ORb. The molecule has 1 aliphatic heterocycles. The van der Waals surface area contributed by atoms with Gasteiger partial charge in [-0.3, -0.25) is 0 Å². The Labute approximate surface area is 209 Å². The standard InChI is InChI=1S/C22H28F3O.Rb/c23-20-18(22(24)25)12-10-17-11-13-19(26-21(17)20)16-8-6-15(7-9-16)14-4-2-1-3-5-14;/h1,10,12,14-16,19,22H,2-9,11,13H2;/q-1;+1. The molecule has 0 saturated heterocycles. The van der Waals surface area contributed by atoms with E-state index in [0.717, 1.165) is 43.1 Å². The molecule has 3 aliphatic rings. The van der Waals surface area contributed by atoms with Crippen LogP contribution in [0.1, 0.15) is 75.3 Å². The molecule has 0 amide bonds. The van der Waals surface area contributed by atoms with Crippen LogP contribution in [0, 0.1) is 30.0 Å². The van der Waals surface area contributed by atoms with Crippen LogP contribution >= 0.6 is 0 Å². The molecule has 144 valence electrons. The number of hydrogen-bond donors (Lipinski definition) is 0. The Bertz CT molecular complexity index is 622. The Balaban J connectivity index is 0.00000210. The van der Waals surface area contributed by atoms with Gasteiger partial charge in [-0.2, -0.15) is 12.8 Å². The predicted octanol–water partition coefficient (Wildman–Crippen LogP) is 3.66. The Morgan fingerprint density at radius 1 is 0.889 bits per heavy atom. The molecule has 0 N–H and O–H groups in total. The number of rotatable bonds is 3. The third kappa shape index (κ3) is 5.03. The van der Waals surface area contributed by atoms with Crippen molar-refractivity contribution < 1.29 is 76.1 Å². The van der Waals surface area contributed by atoms with Gasteiger partial charge in [0.2, 0.25) is 0 Å². The number of ether oxygens (including phenoxy) is 1. The number of hydrogen-bond acceptors (Lipinski definition) is 1. The first kappa shape index (κ1) is 22.3. The summed E-state index contributed by atoms with van der Waals surface area (Å²) in [6, 6.07) is 2.81. The maximum absolute atomic E-state index is 14.4. The zero-order chi connectivity index (χ0) is 18.1. The summed E-state index contributed by atoms with van der Waals surface area (Å²) >= 11 is 0. The third-order valence-electron chi connectivity index (χ3n) is 6.90. The first-order chi connectivity index (χ1) is 12.6. The average molecular weight is 451 g/mol. The molecule has 5 heteroatoms. The number of fused-ring (bicyclic) bond motifs is 1. The van der Waals surface area contributed by atoms with E-state index in [4.69, 9.17) is 4.74 Å². The van der Waals surface area contributed by atoms with Gasteiger partial charge in [0.1, 0.15) is 6.10 Å². The Morgan fingerprint density at radius 3 is 2.19 bits per heavy atom. The first-order valence-electron chi connectivity index (χ1n) is 10.2. The van der Waals surface area contributed by atoms with E-state index in [1.54, 1.807) is 6.07 Å². The van der Waals surface area contributed by atoms with E-state index in [9.17, 15) is 13.2 Å². The van der Waals surface area contributed by atoms with Crippen molar-refractivity contribution in [2.75, 3.05) is 0 Å². The fourth-order valence-corrected chi connectivity index (χ4v) is 5.36. The van der Waals surface area contributed by atoms with Gasteiger partial charge in [-0.1, -0.05) is 18.9 Å². The summed E-state index contributed by atoms with van der Waals surface area (Å²) in [5.74, 6) is 1.38. The summed E-state index contributed by atoms with van der Waals surface area (Å²) in [5, 5.41) is 0. The molecule has 0 aromatic heterocycles. The monoisotopic (exact) mass is 450 g/mol. The van der Waals surface area contributed by atoms with Crippen molar-refractivity contribution in [2.45, 2.75) is 76.7 Å². The molecule has 1 aromatic rings. The van der Waals surface area contributed by atoms with Crippen molar-refractivity contribution in [3.63, 3.8) is 0 Å². The van der Waals surface area contributed by atoms with Crippen molar-refractivity contribution in [1.82, 2.24) is 0 Å². The molecule has 1 atom stereocenters. The van der Waals surface area contributed by atoms with Crippen LogP contribution in [0.25, 0.3) is 0 Å². The zero-order valence-corrected chi connectivity index (χ0v) is 21.1. The van der Waals surface area contributed by atoms with Gasteiger partial charge >= 0.3 is 58.2 Å². The SMILES string of the molecule is Fc1c(C(F)F)ccc2c1OC(C1CCC(C3CC[CH-]CC3)CC1)CC2.[Rb+]. The molecule has 1 unspecified atom stereocenters. The topological polar surface area (TPSA) is 9.23 Å². The smallest absolute Gasteiger partial charge is 0.487 e. The molecule has 0 bridgehead atoms. The van der Waals surface area contributed by atoms with E-state index < -0.39 is 17.8 Å². The normalized spacial score (nSPS) is 29.0. The molecule has 27 heavy (non-hydrogen) atoms. The summed E-state index contributed by atoms with van der Waals surface area (Å²) in [5.41, 5.74) is 0.192. The zero-order valence-electron chi connectivity index (χ0n) is 16.2. The van der Waals surface area contributed by atoms with Gasteiger partial charge in [0.05, 0.1) is 5.56 Å². The van der Waals surface area contributed by atoms with Crippen molar-refractivity contribution in [1.29, 1.82) is 0 Å². The number of halogens is 3. The van der Waals surface area contributed by atoms with Crippen LogP contribution in [0.2, 0.25) is 0 Å². The van der Waals surface area contributed by atoms with Crippen LogP contribution < -0.4 is 62.9 Å². The molecular weight excluding hydrogens is 423 g/mol. The summed E-state index contributed by atoms with van der Waals surface area (Å²) in [7, 11) is 0. The van der Waals surface area contributed by atoms with Gasteiger partial charge in [-0.25, -0.2) is 13.2 Å².